The van der Waals surface area contributed by atoms with Crippen LogP contribution in [0, 0.1) is 11.7 Å². The molecule has 1 aromatic rings. The van der Waals surface area contributed by atoms with E-state index < -0.39 is 17.6 Å². The molecule has 2 rings (SSSR count). The topological polar surface area (TPSA) is 17.1 Å². The summed E-state index contributed by atoms with van der Waals surface area (Å²) in [7, 11) is 0. The Labute approximate surface area is 95.4 Å². The van der Waals surface area contributed by atoms with E-state index in [2.05, 4.69) is 0 Å². The summed E-state index contributed by atoms with van der Waals surface area (Å²) in [6.45, 7) is 0. The maximum absolute atomic E-state index is 13.1. The summed E-state index contributed by atoms with van der Waals surface area (Å²) in [5.41, 5.74) is -1.29. The van der Waals surface area contributed by atoms with E-state index in [1.807, 2.05) is 0 Å². The fraction of sp³-hybridized carbons (Fsp3) is 0.417. The Bertz CT molecular complexity index is 446. The van der Waals surface area contributed by atoms with Crippen molar-refractivity contribution in [1.82, 2.24) is 0 Å². The molecule has 1 fully saturated rings. The normalized spacial score (nSPS) is 16.7. The molecular weight excluding hydrogens is 236 g/mol. The molecule has 0 aliphatic heterocycles. The summed E-state index contributed by atoms with van der Waals surface area (Å²) in [6, 6.07) is 2.00. The summed E-state index contributed by atoms with van der Waals surface area (Å²) in [5, 5.41) is 0. The number of halogens is 4. The number of hydrogen-bond acceptors (Lipinski definition) is 1. The molecule has 0 atom stereocenters. The molecule has 0 spiro atoms. The van der Waals surface area contributed by atoms with Crippen LogP contribution in [0.25, 0.3) is 0 Å². The second kappa shape index (κ2) is 4.13. The van der Waals surface area contributed by atoms with Gasteiger partial charge in [0, 0.05) is 11.5 Å². The highest BCUT2D eigenvalue weighted by Gasteiger charge is 2.33. The van der Waals surface area contributed by atoms with Crippen molar-refractivity contribution in [3.8, 4) is 0 Å². The molecule has 92 valence electrons. The minimum absolute atomic E-state index is 0.179. The van der Waals surface area contributed by atoms with Crippen molar-refractivity contribution >= 4 is 5.78 Å². The summed E-state index contributed by atoms with van der Waals surface area (Å²) in [4.78, 5) is 11.7. The molecule has 1 aliphatic carbocycles. The van der Waals surface area contributed by atoms with Crippen LogP contribution in [0.5, 0.6) is 0 Å². The second-order valence-corrected chi connectivity index (χ2v) is 4.22. The van der Waals surface area contributed by atoms with Crippen LogP contribution in [0.1, 0.15) is 35.2 Å². The highest BCUT2D eigenvalue weighted by atomic mass is 19.4. The number of benzene rings is 1. The third-order valence-electron chi connectivity index (χ3n) is 2.99. The van der Waals surface area contributed by atoms with E-state index in [0.29, 0.717) is 18.9 Å². The van der Waals surface area contributed by atoms with Gasteiger partial charge in [0.1, 0.15) is 5.82 Å². The first-order chi connectivity index (χ1) is 7.88. The van der Waals surface area contributed by atoms with E-state index >= 15 is 0 Å². The number of carbonyl (C=O) groups is 1. The van der Waals surface area contributed by atoms with E-state index in [9.17, 15) is 22.4 Å². The first-order valence-electron chi connectivity index (χ1n) is 5.30. The predicted molar refractivity (Wildman–Crippen MR) is 53.1 cm³/mol. The van der Waals surface area contributed by atoms with Gasteiger partial charge in [-0.3, -0.25) is 4.79 Å². The number of ketones is 1. The first-order valence-corrected chi connectivity index (χ1v) is 5.30. The molecule has 0 heterocycles. The minimum Gasteiger partial charge on any atom is -0.294 e. The fourth-order valence-corrected chi connectivity index (χ4v) is 1.80. The molecular formula is C12H10F4O. The fourth-order valence-electron chi connectivity index (χ4n) is 1.80. The van der Waals surface area contributed by atoms with Crippen molar-refractivity contribution < 1.29 is 22.4 Å². The van der Waals surface area contributed by atoms with Crippen LogP contribution in [0.15, 0.2) is 18.2 Å². The van der Waals surface area contributed by atoms with E-state index in [4.69, 9.17) is 0 Å². The Kier molecular flexibility index (Phi) is 2.93. The molecule has 5 heteroatoms. The lowest BCUT2D eigenvalue weighted by Gasteiger charge is -2.24. The van der Waals surface area contributed by atoms with Gasteiger partial charge in [0.25, 0.3) is 0 Å². The lowest BCUT2D eigenvalue weighted by atomic mass is 9.80. The predicted octanol–water partition coefficient (Wildman–Crippen LogP) is 3.83. The standard InChI is InChI=1S/C12H10F4O/c13-10-5-8(11(17)7-2-1-3-7)4-9(6-10)12(14,15)16/h4-7H,1-3H2. The van der Waals surface area contributed by atoms with Crippen LogP contribution >= 0.6 is 0 Å². The largest absolute Gasteiger partial charge is 0.416 e. The van der Waals surface area contributed by atoms with Crippen LogP contribution in [0.4, 0.5) is 17.6 Å². The zero-order valence-corrected chi connectivity index (χ0v) is 8.85. The average Bonchev–Trinajstić information content (AvgIpc) is 2.12. The molecule has 1 saturated carbocycles. The Morgan fingerprint density at radius 2 is 1.82 bits per heavy atom. The third kappa shape index (κ3) is 2.48. The molecule has 0 aromatic heterocycles. The van der Waals surface area contributed by atoms with Gasteiger partial charge in [0.15, 0.2) is 5.78 Å². The molecule has 1 aromatic carbocycles. The third-order valence-corrected chi connectivity index (χ3v) is 2.99. The lowest BCUT2D eigenvalue weighted by molar-refractivity contribution is -0.137. The van der Waals surface area contributed by atoms with Crippen molar-refractivity contribution in [2.45, 2.75) is 25.4 Å². The highest BCUT2D eigenvalue weighted by Crippen LogP contribution is 2.33. The molecule has 0 bridgehead atoms. The molecule has 0 radical (unpaired) electrons. The summed E-state index contributed by atoms with van der Waals surface area (Å²) >= 11 is 0. The van der Waals surface area contributed by atoms with Crippen LogP contribution in [-0.4, -0.2) is 5.78 Å². The van der Waals surface area contributed by atoms with Gasteiger partial charge in [-0.15, -0.1) is 0 Å². The lowest BCUT2D eigenvalue weighted by Crippen LogP contribution is -2.22. The molecule has 1 nitrogen and oxygen atoms in total. The van der Waals surface area contributed by atoms with Gasteiger partial charge in [-0.2, -0.15) is 13.2 Å². The minimum atomic E-state index is -4.63. The van der Waals surface area contributed by atoms with Crippen LogP contribution < -0.4 is 0 Å². The van der Waals surface area contributed by atoms with Gasteiger partial charge in [0.05, 0.1) is 5.56 Å². The van der Waals surface area contributed by atoms with E-state index in [-0.39, 0.29) is 17.3 Å². The highest BCUT2D eigenvalue weighted by molar-refractivity contribution is 5.98. The van der Waals surface area contributed by atoms with Gasteiger partial charge in [-0.05, 0) is 31.0 Å². The van der Waals surface area contributed by atoms with E-state index in [0.717, 1.165) is 18.6 Å². The van der Waals surface area contributed by atoms with Gasteiger partial charge in [-0.1, -0.05) is 6.42 Å². The molecule has 17 heavy (non-hydrogen) atoms. The van der Waals surface area contributed by atoms with Gasteiger partial charge in [0.2, 0.25) is 0 Å². The number of hydrogen-bond donors (Lipinski definition) is 0. The Morgan fingerprint density at radius 3 is 2.29 bits per heavy atom. The molecule has 1 aliphatic rings. The second-order valence-electron chi connectivity index (χ2n) is 4.22. The number of alkyl halides is 3. The van der Waals surface area contributed by atoms with Crippen LogP contribution in [0.2, 0.25) is 0 Å². The van der Waals surface area contributed by atoms with Crippen molar-refractivity contribution in [2.75, 3.05) is 0 Å². The SMILES string of the molecule is O=C(c1cc(F)cc(C(F)(F)F)c1)C1CCC1. The van der Waals surface area contributed by atoms with Crippen LogP contribution in [-0.2, 0) is 6.18 Å². The van der Waals surface area contributed by atoms with Crippen molar-refractivity contribution in [3.63, 3.8) is 0 Å². The van der Waals surface area contributed by atoms with Crippen molar-refractivity contribution in [3.05, 3.63) is 35.1 Å². The van der Waals surface area contributed by atoms with E-state index in [1.165, 1.54) is 0 Å². The quantitative estimate of drug-likeness (QED) is 0.572. The first kappa shape index (κ1) is 12.1. The molecule has 0 saturated heterocycles. The molecule has 0 amide bonds. The molecule has 0 unspecified atom stereocenters. The summed E-state index contributed by atoms with van der Waals surface area (Å²) < 4.78 is 50.3. The molecule has 0 N–H and O–H groups in total. The number of rotatable bonds is 2. The summed E-state index contributed by atoms with van der Waals surface area (Å²) in [6.07, 6.45) is -2.37. The maximum atomic E-state index is 13.1. The number of carbonyl (C=O) groups excluding carboxylic acids is 1. The summed E-state index contributed by atoms with van der Waals surface area (Å²) in [5.74, 6) is -1.65. The van der Waals surface area contributed by atoms with Crippen molar-refractivity contribution in [2.24, 2.45) is 5.92 Å². The zero-order valence-electron chi connectivity index (χ0n) is 8.85. The maximum Gasteiger partial charge on any atom is 0.416 e. The van der Waals surface area contributed by atoms with Gasteiger partial charge in [-0.25, -0.2) is 4.39 Å². The Morgan fingerprint density at radius 1 is 1.18 bits per heavy atom. The van der Waals surface area contributed by atoms with Gasteiger partial charge >= 0.3 is 6.18 Å². The van der Waals surface area contributed by atoms with Crippen LogP contribution in [0.3, 0.4) is 0 Å². The zero-order chi connectivity index (χ0) is 12.6. The number of Topliss-reactive ketones (excluding diaryl/α,β-unsaturated/α-hetero) is 1. The van der Waals surface area contributed by atoms with Gasteiger partial charge < -0.3 is 0 Å². The Hall–Kier alpha value is -1.39. The monoisotopic (exact) mass is 246 g/mol. The van der Waals surface area contributed by atoms with Crippen molar-refractivity contribution in [1.29, 1.82) is 0 Å². The van der Waals surface area contributed by atoms with E-state index in [1.54, 1.807) is 0 Å². The Balaban J connectivity index is 2.34. The smallest absolute Gasteiger partial charge is 0.294 e. The average molecular weight is 246 g/mol.